The van der Waals surface area contributed by atoms with Crippen molar-refractivity contribution in [2.75, 3.05) is 21.3 Å². The molecule has 0 radical (unpaired) electrons. The summed E-state index contributed by atoms with van der Waals surface area (Å²) in [5, 5.41) is 2.81. The van der Waals surface area contributed by atoms with Crippen molar-refractivity contribution >= 4 is 12.1 Å². The van der Waals surface area contributed by atoms with Crippen LogP contribution in [-0.4, -0.2) is 80.7 Å². The molecule has 1 aliphatic heterocycles. The fourth-order valence-corrected chi connectivity index (χ4v) is 14.0. The molecule has 0 aromatic heterocycles. The van der Waals surface area contributed by atoms with Gasteiger partial charge in [-0.25, -0.2) is 9.59 Å². The van der Waals surface area contributed by atoms with Gasteiger partial charge in [-0.1, -0.05) is 41.5 Å². The molecular weight excluding hydrogens is 658 g/mol. The van der Waals surface area contributed by atoms with E-state index >= 15 is 0 Å². The Labute approximate surface area is 315 Å². The van der Waals surface area contributed by atoms with Gasteiger partial charge in [0, 0.05) is 32.7 Å². The molecule has 298 valence electrons. The smallest absolute Gasteiger partial charge is 0.408 e. The summed E-state index contributed by atoms with van der Waals surface area (Å²) < 4.78 is 38.1. The van der Waals surface area contributed by atoms with Gasteiger partial charge in [0.05, 0.1) is 29.5 Å². The Morgan fingerprint density at radius 3 is 2.04 bits per heavy atom. The van der Waals surface area contributed by atoms with Crippen LogP contribution >= 0.6 is 0 Å². The van der Waals surface area contributed by atoms with Gasteiger partial charge in [0.2, 0.25) is 0 Å². The van der Waals surface area contributed by atoms with Crippen molar-refractivity contribution in [2.24, 2.45) is 50.7 Å². The Morgan fingerprint density at radius 2 is 1.46 bits per heavy atom. The molecule has 6 aliphatic rings. The zero-order chi connectivity index (χ0) is 38.7. The number of esters is 1. The third-order valence-corrected chi connectivity index (χ3v) is 16.7. The van der Waals surface area contributed by atoms with Crippen LogP contribution in [0.25, 0.3) is 0 Å². The average molecular weight is 732 g/mol. The Balaban J connectivity index is 1.26. The van der Waals surface area contributed by atoms with Crippen LogP contribution in [-0.2, 0) is 33.2 Å². The summed E-state index contributed by atoms with van der Waals surface area (Å²) in [5.41, 5.74) is -1.07. The second-order valence-electron chi connectivity index (χ2n) is 21.2. The molecule has 0 aromatic rings. The van der Waals surface area contributed by atoms with E-state index < -0.39 is 17.7 Å². The number of carbonyl (C=O) groups is 2. The third kappa shape index (κ3) is 5.81. The highest BCUT2D eigenvalue weighted by Crippen LogP contribution is 2.89. The van der Waals surface area contributed by atoms with Gasteiger partial charge in [0.1, 0.15) is 17.7 Å². The summed E-state index contributed by atoms with van der Waals surface area (Å²) in [6, 6.07) is -0.788. The van der Waals surface area contributed by atoms with Gasteiger partial charge in [-0.3, -0.25) is 0 Å². The molecule has 6 fully saturated rings. The highest BCUT2D eigenvalue weighted by atomic mass is 16.6. The topological polar surface area (TPSA) is 102 Å². The fraction of sp³-hybridized carbons (Fsp3) is 0.953. The molecule has 9 heteroatoms. The van der Waals surface area contributed by atoms with Gasteiger partial charge in [0.25, 0.3) is 0 Å². The van der Waals surface area contributed by atoms with Crippen molar-refractivity contribution in [3.63, 3.8) is 0 Å². The predicted molar refractivity (Wildman–Crippen MR) is 201 cm³/mol. The van der Waals surface area contributed by atoms with Crippen LogP contribution in [0.2, 0.25) is 0 Å². The zero-order valence-corrected chi connectivity index (χ0v) is 35.3. The van der Waals surface area contributed by atoms with Crippen molar-refractivity contribution in [1.29, 1.82) is 0 Å². The Kier molecular flexibility index (Phi) is 9.91. The second kappa shape index (κ2) is 12.8. The highest BCUT2D eigenvalue weighted by Gasteiger charge is 2.85. The van der Waals surface area contributed by atoms with E-state index in [4.69, 9.17) is 28.4 Å². The number of amides is 1. The number of ether oxygens (including phenoxy) is 6. The molecule has 52 heavy (non-hydrogen) atoms. The highest BCUT2D eigenvalue weighted by molar-refractivity contribution is 5.82. The molecule has 9 nitrogen and oxygen atoms in total. The van der Waals surface area contributed by atoms with Crippen molar-refractivity contribution in [3.05, 3.63) is 0 Å². The van der Waals surface area contributed by atoms with Gasteiger partial charge in [0.15, 0.2) is 0 Å². The molecule has 1 amide bonds. The molecule has 0 bridgehead atoms. The Morgan fingerprint density at radius 1 is 0.808 bits per heavy atom. The standard InChI is InChI=1S/C43H73NO8/c1-25(2)31(44-35(46)52-36(3,4)5)34(45)50-29-17-19-43-24-42(43)21-20-39(10)33(41(12)18-16-30(51-41)38(8,9)49-15)27(48-14)23-40(39,11)28(42)22-26(47-13)32(43)37(29,6)7/h25-33H,16-24H2,1-15H3,(H,44,46)/t26-,27-,28?,29-,30-,31-,32-,33-,39+,40-,41+,42?,43+/m0/s1. The first-order valence-electron chi connectivity index (χ1n) is 20.4. The maximum absolute atomic E-state index is 13.8. The monoisotopic (exact) mass is 732 g/mol. The van der Waals surface area contributed by atoms with Crippen LogP contribution in [0, 0.1) is 50.7 Å². The van der Waals surface area contributed by atoms with E-state index in [2.05, 4.69) is 53.8 Å². The normalized spacial score (nSPS) is 45.7. The first-order valence-corrected chi connectivity index (χ1v) is 20.4. The van der Waals surface area contributed by atoms with E-state index in [1.54, 1.807) is 7.11 Å². The summed E-state index contributed by atoms with van der Waals surface area (Å²) in [6.07, 6.45) is 8.87. The third-order valence-electron chi connectivity index (χ3n) is 16.7. The van der Waals surface area contributed by atoms with E-state index in [9.17, 15) is 9.59 Å². The average Bonchev–Trinajstić information content (AvgIpc) is 3.39. The van der Waals surface area contributed by atoms with Gasteiger partial charge in [-0.15, -0.1) is 0 Å². The number of fused-ring (bicyclic) bond motifs is 2. The number of alkyl carbamates (subject to hydrolysis) is 1. The van der Waals surface area contributed by atoms with E-state index in [-0.39, 0.29) is 86.4 Å². The van der Waals surface area contributed by atoms with Crippen LogP contribution < -0.4 is 5.32 Å². The van der Waals surface area contributed by atoms with Crippen LogP contribution in [0.5, 0.6) is 0 Å². The number of rotatable bonds is 9. The molecule has 2 spiro atoms. The number of hydrogen-bond acceptors (Lipinski definition) is 8. The SMILES string of the molecule is CO[C@H]1C[C@@]2(C)C3C[C@H](OC)[C@H]4C(C)(C)[C@@H](OC(=O)[C@@H](NC(=O)OC(C)(C)C)C(C)C)CC[C@@]45CC35CC[C@]2(C)[C@H]1[C@@]1(C)CC[C@@H](C(C)(C)OC)O1. The number of carbonyl (C=O) groups excluding carboxylic acids is 2. The molecule has 6 rings (SSSR count). The first kappa shape index (κ1) is 40.2. The Bertz CT molecular complexity index is 1390. The summed E-state index contributed by atoms with van der Waals surface area (Å²) in [5.74, 6) is 0.528. The largest absolute Gasteiger partial charge is 0.460 e. The van der Waals surface area contributed by atoms with Crippen LogP contribution in [0.1, 0.15) is 141 Å². The maximum Gasteiger partial charge on any atom is 0.408 e. The van der Waals surface area contributed by atoms with Crippen molar-refractivity contribution in [2.45, 2.75) is 188 Å². The van der Waals surface area contributed by atoms with Gasteiger partial charge < -0.3 is 33.7 Å². The summed E-state index contributed by atoms with van der Waals surface area (Å²) >= 11 is 0. The molecule has 2 unspecified atom stereocenters. The lowest BCUT2D eigenvalue weighted by atomic mass is 9.41. The molecule has 13 atom stereocenters. The lowest BCUT2D eigenvalue weighted by Gasteiger charge is -2.65. The molecule has 1 saturated heterocycles. The molecule has 5 aliphatic carbocycles. The molecule has 1 heterocycles. The quantitative estimate of drug-likeness (QED) is 0.236. The number of methoxy groups -OCH3 is 3. The van der Waals surface area contributed by atoms with E-state index in [0.717, 1.165) is 38.5 Å². The summed E-state index contributed by atoms with van der Waals surface area (Å²) in [6.45, 7) is 25.8. The molecular formula is C43H73NO8. The lowest BCUT2D eigenvalue weighted by molar-refractivity contribution is -0.223. The second-order valence-corrected chi connectivity index (χ2v) is 21.2. The summed E-state index contributed by atoms with van der Waals surface area (Å²) in [4.78, 5) is 26.6. The fourth-order valence-electron chi connectivity index (χ4n) is 14.0. The van der Waals surface area contributed by atoms with Crippen molar-refractivity contribution < 1.29 is 38.0 Å². The Hall–Kier alpha value is -1.42. The zero-order valence-electron chi connectivity index (χ0n) is 35.3. The predicted octanol–water partition coefficient (Wildman–Crippen LogP) is 8.50. The van der Waals surface area contributed by atoms with Crippen LogP contribution in [0.4, 0.5) is 4.79 Å². The molecule has 0 aromatic carbocycles. The van der Waals surface area contributed by atoms with E-state index in [1.165, 1.54) is 19.3 Å². The molecule has 5 saturated carbocycles. The van der Waals surface area contributed by atoms with E-state index in [1.807, 2.05) is 48.8 Å². The summed E-state index contributed by atoms with van der Waals surface area (Å²) in [7, 11) is 5.60. The molecule has 1 N–H and O–H groups in total. The first-order chi connectivity index (χ1) is 23.9. The van der Waals surface area contributed by atoms with Gasteiger partial charge in [-0.05, 0) is 139 Å². The van der Waals surface area contributed by atoms with Crippen LogP contribution in [0.3, 0.4) is 0 Å². The van der Waals surface area contributed by atoms with Crippen molar-refractivity contribution in [3.8, 4) is 0 Å². The number of hydrogen-bond donors (Lipinski definition) is 1. The van der Waals surface area contributed by atoms with Gasteiger partial charge >= 0.3 is 12.1 Å². The minimum Gasteiger partial charge on any atom is -0.460 e. The van der Waals surface area contributed by atoms with E-state index in [0.29, 0.717) is 5.92 Å². The van der Waals surface area contributed by atoms with Gasteiger partial charge in [-0.2, -0.15) is 0 Å². The maximum atomic E-state index is 13.8. The minimum atomic E-state index is -0.788. The number of nitrogens with one attached hydrogen (secondary N) is 1. The minimum absolute atomic E-state index is 0.0502. The van der Waals surface area contributed by atoms with Crippen LogP contribution in [0.15, 0.2) is 0 Å². The van der Waals surface area contributed by atoms with Crippen molar-refractivity contribution in [1.82, 2.24) is 5.32 Å². The lowest BCUT2D eigenvalue weighted by Crippen LogP contribution is -2.63.